The molecule has 70 valence electrons. The van der Waals surface area contributed by atoms with Gasteiger partial charge in [0.05, 0.1) is 6.20 Å². The molecule has 1 aromatic carbocycles. The fourth-order valence-corrected chi connectivity index (χ4v) is 1.43. The lowest BCUT2D eigenvalue weighted by atomic mass is 10.0. The number of carbonyl (C=O) groups excluding carboxylic acids is 1. The van der Waals surface area contributed by atoms with Crippen molar-refractivity contribution in [1.82, 2.24) is 10.2 Å². The lowest BCUT2D eigenvalue weighted by Gasteiger charge is -1.99. The fraction of sp³-hybridized carbons (Fsp3) is 0.0909. The average molecular weight is 186 g/mol. The first-order valence-corrected chi connectivity index (χ1v) is 4.37. The molecule has 0 aliphatic heterocycles. The molecular weight excluding hydrogens is 176 g/mol. The van der Waals surface area contributed by atoms with Crippen LogP contribution in [0.1, 0.15) is 16.1 Å². The second kappa shape index (κ2) is 3.46. The van der Waals surface area contributed by atoms with Crippen molar-refractivity contribution in [3.8, 4) is 11.1 Å². The van der Waals surface area contributed by atoms with Crippen molar-refractivity contribution in [3.05, 3.63) is 41.7 Å². The van der Waals surface area contributed by atoms with Gasteiger partial charge in [-0.2, -0.15) is 5.10 Å². The molecule has 0 amide bonds. The zero-order valence-corrected chi connectivity index (χ0v) is 7.82. The van der Waals surface area contributed by atoms with Crippen LogP contribution >= 0.6 is 0 Å². The highest BCUT2D eigenvalue weighted by Crippen LogP contribution is 2.21. The van der Waals surface area contributed by atoms with E-state index in [1.54, 1.807) is 6.20 Å². The molecular formula is C11H10N2O. The minimum Gasteiger partial charge on any atom is -0.296 e. The predicted molar refractivity (Wildman–Crippen MR) is 54.1 cm³/mol. The number of aryl methyl sites for hydroxylation is 1. The number of H-pyrrole nitrogens is 1. The van der Waals surface area contributed by atoms with E-state index in [0.29, 0.717) is 5.69 Å². The van der Waals surface area contributed by atoms with E-state index >= 15 is 0 Å². The maximum Gasteiger partial charge on any atom is 0.168 e. The molecule has 0 fully saturated rings. The molecule has 1 heterocycles. The number of nitrogens with zero attached hydrogens (tertiary/aromatic N) is 1. The molecule has 3 nitrogen and oxygen atoms in total. The highest BCUT2D eigenvalue weighted by molar-refractivity contribution is 5.84. The molecule has 14 heavy (non-hydrogen) atoms. The summed E-state index contributed by atoms with van der Waals surface area (Å²) >= 11 is 0. The van der Waals surface area contributed by atoms with Gasteiger partial charge in [-0.05, 0) is 12.5 Å². The minimum absolute atomic E-state index is 0.524. The topological polar surface area (TPSA) is 45.8 Å². The van der Waals surface area contributed by atoms with Gasteiger partial charge in [-0.3, -0.25) is 9.89 Å². The maximum atomic E-state index is 10.7. The van der Waals surface area contributed by atoms with Gasteiger partial charge < -0.3 is 0 Å². The number of carbonyl (C=O) groups is 1. The lowest BCUT2D eigenvalue weighted by molar-refractivity contribution is 0.111. The summed E-state index contributed by atoms with van der Waals surface area (Å²) in [5.41, 5.74) is 3.56. The van der Waals surface area contributed by atoms with Crippen molar-refractivity contribution in [2.45, 2.75) is 6.92 Å². The Morgan fingerprint density at radius 2 is 2.29 bits per heavy atom. The number of aldehydes is 1. The van der Waals surface area contributed by atoms with Crippen molar-refractivity contribution in [2.24, 2.45) is 0 Å². The molecule has 1 aromatic heterocycles. The molecule has 0 bridgehead atoms. The third-order valence-corrected chi connectivity index (χ3v) is 2.12. The molecule has 0 radical (unpaired) electrons. The number of rotatable bonds is 2. The third-order valence-electron chi connectivity index (χ3n) is 2.12. The summed E-state index contributed by atoms with van der Waals surface area (Å²) in [7, 11) is 0. The van der Waals surface area contributed by atoms with Crippen LogP contribution < -0.4 is 0 Å². The molecule has 0 saturated carbocycles. The molecule has 2 rings (SSSR count). The first-order chi connectivity index (χ1) is 6.81. The Balaban J connectivity index is 2.54. The molecule has 0 atom stereocenters. The van der Waals surface area contributed by atoms with Gasteiger partial charge in [-0.25, -0.2) is 0 Å². The van der Waals surface area contributed by atoms with Crippen molar-refractivity contribution in [1.29, 1.82) is 0 Å². The molecule has 1 N–H and O–H groups in total. The zero-order chi connectivity index (χ0) is 9.97. The number of nitrogens with one attached hydrogen (secondary N) is 1. The quantitative estimate of drug-likeness (QED) is 0.731. The van der Waals surface area contributed by atoms with Crippen molar-refractivity contribution < 1.29 is 4.79 Å². The van der Waals surface area contributed by atoms with E-state index in [1.807, 2.05) is 31.2 Å². The van der Waals surface area contributed by atoms with Gasteiger partial charge in [0, 0.05) is 5.56 Å². The van der Waals surface area contributed by atoms with Crippen molar-refractivity contribution in [3.63, 3.8) is 0 Å². The molecule has 3 heteroatoms. The van der Waals surface area contributed by atoms with Crippen LogP contribution in [-0.4, -0.2) is 16.5 Å². The molecule has 0 unspecified atom stereocenters. The molecule has 0 saturated heterocycles. The van der Waals surface area contributed by atoms with Crippen LogP contribution in [0.15, 0.2) is 30.5 Å². The first kappa shape index (κ1) is 8.69. The van der Waals surface area contributed by atoms with E-state index in [2.05, 4.69) is 10.2 Å². The Hall–Kier alpha value is -1.90. The second-order valence-corrected chi connectivity index (χ2v) is 3.18. The summed E-state index contributed by atoms with van der Waals surface area (Å²) in [5.74, 6) is 0. The number of aromatic amines is 1. The van der Waals surface area contributed by atoms with Crippen LogP contribution in [0.3, 0.4) is 0 Å². The van der Waals surface area contributed by atoms with Crippen LogP contribution in [0, 0.1) is 6.92 Å². The molecule has 2 aromatic rings. The summed E-state index contributed by atoms with van der Waals surface area (Å²) in [5, 5.41) is 6.50. The van der Waals surface area contributed by atoms with Gasteiger partial charge in [-0.1, -0.05) is 29.8 Å². The van der Waals surface area contributed by atoms with Crippen LogP contribution in [0.4, 0.5) is 0 Å². The lowest BCUT2D eigenvalue weighted by Crippen LogP contribution is -1.84. The van der Waals surface area contributed by atoms with Gasteiger partial charge in [-0.15, -0.1) is 0 Å². The van der Waals surface area contributed by atoms with Gasteiger partial charge in [0.15, 0.2) is 6.29 Å². The molecule has 0 aliphatic rings. The van der Waals surface area contributed by atoms with Gasteiger partial charge >= 0.3 is 0 Å². The van der Waals surface area contributed by atoms with E-state index in [9.17, 15) is 4.79 Å². The van der Waals surface area contributed by atoms with E-state index in [4.69, 9.17) is 0 Å². The summed E-state index contributed by atoms with van der Waals surface area (Å²) in [6.45, 7) is 2.02. The number of hydrogen-bond acceptors (Lipinski definition) is 2. The van der Waals surface area contributed by atoms with Gasteiger partial charge in [0.25, 0.3) is 0 Å². The Kier molecular flexibility index (Phi) is 2.14. The maximum absolute atomic E-state index is 10.7. The predicted octanol–water partition coefficient (Wildman–Crippen LogP) is 2.20. The van der Waals surface area contributed by atoms with E-state index < -0.39 is 0 Å². The second-order valence-electron chi connectivity index (χ2n) is 3.18. The van der Waals surface area contributed by atoms with Gasteiger partial charge in [0.1, 0.15) is 5.69 Å². The average Bonchev–Trinajstić information content (AvgIpc) is 2.65. The first-order valence-electron chi connectivity index (χ1n) is 4.37. The summed E-state index contributed by atoms with van der Waals surface area (Å²) < 4.78 is 0. The van der Waals surface area contributed by atoms with Crippen molar-refractivity contribution >= 4 is 6.29 Å². The highest BCUT2D eigenvalue weighted by atomic mass is 16.1. The fourth-order valence-electron chi connectivity index (χ4n) is 1.43. The monoisotopic (exact) mass is 186 g/mol. The standard InChI is InChI=1S/C11H10N2O/c1-8-3-2-4-9(5-8)10-6-12-13-11(10)7-14/h2-7H,1H3,(H,12,13). The zero-order valence-electron chi connectivity index (χ0n) is 7.82. The van der Waals surface area contributed by atoms with Crippen LogP contribution in [-0.2, 0) is 0 Å². The smallest absolute Gasteiger partial charge is 0.168 e. The van der Waals surface area contributed by atoms with Crippen LogP contribution in [0.5, 0.6) is 0 Å². The van der Waals surface area contributed by atoms with Crippen LogP contribution in [0.25, 0.3) is 11.1 Å². The third kappa shape index (κ3) is 1.44. The molecule has 0 spiro atoms. The molecule has 0 aliphatic carbocycles. The van der Waals surface area contributed by atoms with Crippen LogP contribution in [0.2, 0.25) is 0 Å². The number of benzene rings is 1. The Morgan fingerprint density at radius 1 is 1.43 bits per heavy atom. The largest absolute Gasteiger partial charge is 0.296 e. The van der Waals surface area contributed by atoms with E-state index in [-0.39, 0.29) is 0 Å². The number of hydrogen-bond donors (Lipinski definition) is 1. The van der Waals surface area contributed by atoms with E-state index in [1.165, 1.54) is 5.56 Å². The Labute approximate surface area is 81.8 Å². The summed E-state index contributed by atoms with van der Waals surface area (Å²) in [6, 6.07) is 7.97. The van der Waals surface area contributed by atoms with Gasteiger partial charge in [0.2, 0.25) is 0 Å². The SMILES string of the molecule is Cc1cccc(-c2cn[nH]c2C=O)c1. The Bertz CT molecular complexity index is 460. The minimum atomic E-state index is 0.524. The summed E-state index contributed by atoms with van der Waals surface area (Å²) in [4.78, 5) is 10.7. The van der Waals surface area contributed by atoms with E-state index in [0.717, 1.165) is 17.4 Å². The normalized spacial score (nSPS) is 10.1. The summed E-state index contributed by atoms with van der Waals surface area (Å²) in [6.07, 6.45) is 2.45. The number of aromatic nitrogens is 2. The van der Waals surface area contributed by atoms with Crippen molar-refractivity contribution in [2.75, 3.05) is 0 Å². The highest BCUT2D eigenvalue weighted by Gasteiger charge is 2.05. The Morgan fingerprint density at radius 3 is 3.00 bits per heavy atom.